The van der Waals surface area contributed by atoms with Crippen LogP contribution in [-0.2, 0) is 5.41 Å². The summed E-state index contributed by atoms with van der Waals surface area (Å²) in [5, 5.41) is 13.3. The molecule has 1 heterocycles. The number of amides is 1. The predicted octanol–water partition coefficient (Wildman–Crippen LogP) is 2.53. The average molecular weight is 200 g/mol. The van der Waals surface area contributed by atoms with E-state index in [9.17, 15) is 4.79 Å². The van der Waals surface area contributed by atoms with Gasteiger partial charge in [0.2, 0.25) is 0 Å². The van der Waals surface area contributed by atoms with Crippen LogP contribution in [0.4, 0.5) is 10.6 Å². The summed E-state index contributed by atoms with van der Waals surface area (Å²) in [5.74, 6) is 0.405. The van der Waals surface area contributed by atoms with E-state index in [1.807, 2.05) is 20.8 Å². The molecule has 1 amide bonds. The highest BCUT2D eigenvalue weighted by atomic mass is 32.1. The molecule has 0 aliphatic rings. The molecule has 0 fully saturated rings. The van der Waals surface area contributed by atoms with Gasteiger partial charge in [-0.2, -0.15) is 0 Å². The van der Waals surface area contributed by atoms with Gasteiger partial charge in [-0.1, -0.05) is 20.8 Å². The topological polar surface area (TPSA) is 62.2 Å². The van der Waals surface area contributed by atoms with E-state index in [0.717, 1.165) is 5.01 Å². The fourth-order valence-electron chi connectivity index (χ4n) is 0.785. The zero-order chi connectivity index (χ0) is 10.1. The van der Waals surface area contributed by atoms with Crippen molar-refractivity contribution in [3.05, 3.63) is 10.4 Å². The molecule has 1 aromatic heterocycles. The van der Waals surface area contributed by atoms with Gasteiger partial charge >= 0.3 is 6.09 Å². The van der Waals surface area contributed by atoms with Gasteiger partial charge in [0.25, 0.3) is 0 Å². The van der Waals surface area contributed by atoms with Crippen molar-refractivity contribution in [1.29, 1.82) is 0 Å². The van der Waals surface area contributed by atoms with E-state index in [0.29, 0.717) is 5.82 Å². The monoisotopic (exact) mass is 200 g/mol. The smallest absolute Gasteiger partial charge is 0.410 e. The molecule has 0 bridgehead atoms. The van der Waals surface area contributed by atoms with Gasteiger partial charge < -0.3 is 5.11 Å². The van der Waals surface area contributed by atoms with Crippen LogP contribution in [0.1, 0.15) is 25.8 Å². The van der Waals surface area contributed by atoms with Crippen molar-refractivity contribution >= 4 is 23.2 Å². The van der Waals surface area contributed by atoms with Crippen LogP contribution in [0.5, 0.6) is 0 Å². The van der Waals surface area contributed by atoms with E-state index in [-0.39, 0.29) is 5.41 Å². The third-order valence-electron chi connectivity index (χ3n) is 1.38. The Morgan fingerprint density at radius 3 is 2.62 bits per heavy atom. The third-order valence-corrected chi connectivity index (χ3v) is 2.65. The van der Waals surface area contributed by atoms with Crippen LogP contribution < -0.4 is 5.32 Å². The second-order valence-corrected chi connectivity index (χ2v) is 4.58. The SMILES string of the molecule is CC(C)(C)c1nc(NC(=O)O)cs1. The Morgan fingerprint density at radius 2 is 2.23 bits per heavy atom. The summed E-state index contributed by atoms with van der Waals surface area (Å²) >= 11 is 1.46. The number of hydrogen-bond donors (Lipinski definition) is 2. The average Bonchev–Trinajstić information content (AvgIpc) is 2.32. The van der Waals surface area contributed by atoms with Gasteiger partial charge in [0.1, 0.15) is 10.8 Å². The molecule has 0 saturated heterocycles. The molecule has 0 aromatic carbocycles. The van der Waals surface area contributed by atoms with Crippen LogP contribution in [0.25, 0.3) is 0 Å². The molecule has 1 aromatic rings. The van der Waals surface area contributed by atoms with Crippen molar-refractivity contribution in [1.82, 2.24) is 4.98 Å². The third kappa shape index (κ3) is 2.69. The Labute approximate surface area is 80.6 Å². The Bertz CT molecular complexity index is 314. The second kappa shape index (κ2) is 3.33. The largest absolute Gasteiger partial charge is 0.465 e. The number of thiazole rings is 1. The minimum atomic E-state index is -1.08. The Hall–Kier alpha value is -1.10. The van der Waals surface area contributed by atoms with Crippen molar-refractivity contribution in [3.63, 3.8) is 0 Å². The van der Waals surface area contributed by atoms with Crippen molar-refractivity contribution < 1.29 is 9.90 Å². The van der Waals surface area contributed by atoms with Gasteiger partial charge in [-0.25, -0.2) is 9.78 Å². The maximum Gasteiger partial charge on any atom is 0.410 e. The molecule has 72 valence electrons. The summed E-state index contributed by atoms with van der Waals surface area (Å²) in [6.07, 6.45) is -1.08. The number of nitrogens with zero attached hydrogens (tertiary/aromatic N) is 1. The first kappa shape index (κ1) is 9.98. The maximum atomic E-state index is 10.3. The van der Waals surface area contributed by atoms with Crippen molar-refractivity contribution in [2.45, 2.75) is 26.2 Å². The molecule has 1 rings (SSSR count). The Balaban J connectivity index is 2.81. The Morgan fingerprint density at radius 1 is 1.62 bits per heavy atom. The number of carboxylic acid groups (broad SMARTS) is 1. The number of carbonyl (C=O) groups is 1. The standard InChI is InChI=1S/C8H12N2O2S/c1-8(2,3)6-9-5(4-13-6)10-7(11)12/h4,10H,1-3H3,(H,11,12). The van der Waals surface area contributed by atoms with Crippen LogP contribution >= 0.6 is 11.3 Å². The number of nitrogens with one attached hydrogen (secondary N) is 1. The molecule has 0 saturated carbocycles. The first-order valence-corrected chi connectivity index (χ1v) is 4.73. The summed E-state index contributed by atoms with van der Waals surface area (Å²) in [6.45, 7) is 6.11. The van der Waals surface area contributed by atoms with E-state index < -0.39 is 6.09 Å². The van der Waals surface area contributed by atoms with Crippen molar-refractivity contribution in [2.75, 3.05) is 5.32 Å². The summed E-state index contributed by atoms with van der Waals surface area (Å²) in [5.41, 5.74) is -0.0247. The molecule has 0 unspecified atom stereocenters. The maximum absolute atomic E-state index is 10.3. The number of anilines is 1. The molecule has 0 aliphatic carbocycles. The molecule has 13 heavy (non-hydrogen) atoms. The molecule has 0 spiro atoms. The fraction of sp³-hybridized carbons (Fsp3) is 0.500. The molecular formula is C8H12N2O2S. The highest BCUT2D eigenvalue weighted by Gasteiger charge is 2.18. The minimum Gasteiger partial charge on any atom is -0.465 e. The molecule has 0 atom stereocenters. The van der Waals surface area contributed by atoms with Crippen LogP contribution in [-0.4, -0.2) is 16.2 Å². The summed E-state index contributed by atoms with van der Waals surface area (Å²) < 4.78 is 0. The van der Waals surface area contributed by atoms with Gasteiger partial charge in [0.15, 0.2) is 0 Å². The van der Waals surface area contributed by atoms with Gasteiger partial charge in [-0.15, -0.1) is 11.3 Å². The summed E-state index contributed by atoms with van der Waals surface area (Å²) in [6, 6.07) is 0. The summed E-state index contributed by atoms with van der Waals surface area (Å²) in [7, 11) is 0. The van der Waals surface area contributed by atoms with E-state index in [4.69, 9.17) is 5.11 Å². The van der Waals surface area contributed by atoms with Crippen molar-refractivity contribution in [2.24, 2.45) is 0 Å². The lowest BCUT2D eigenvalue weighted by Gasteiger charge is -2.13. The molecule has 0 radical (unpaired) electrons. The van der Waals surface area contributed by atoms with Crippen LogP contribution in [0.15, 0.2) is 5.38 Å². The molecule has 5 heteroatoms. The Kier molecular flexibility index (Phi) is 2.56. The normalized spacial score (nSPS) is 11.3. The lowest BCUT2D eigenvalue weighted by Crippen LogP contribution is -2.12. The highest BCUT2D eigenvalue weighted by Crippen LogP contribution is 2.27. The van der Waals surface area contributed by atoms with Gasteiger partial charge in [0.05, 0.1) is 0 Å². The molecule has 2 N–H and O–H groups in total. The lowest BCUT2D eigenvalue weighted by molar-refractivity contribution is 0.209. The quantitative estimate of drug-likeness (QED) is 0.732. The first-order chi connectivity index (χ1) is 5.89. The van der Waals surface area contributed by atoms with Crippen LogP contribution in [0.2, 0.25) is 0 Å². The van der Waals surface area contributed by atoms with Crippen molar-refractivity contribution in [3.8, 4) is 0 Å². The zero-order valence-electron chi connectivity index (χ0n) is 7.79. The predicted molar refractivity (Wildman–Crippen MR) is 52.5 cm³/mol. The van der Waals surface area contributed by atoms with E-state index >= 15 is 0 Å². The van der Waals surface area contributed by atoms with E-state index in [1.165, 1.54) is 11.3 Å². The molecular weight excluding hydrogens is 188 g/mol. The van der Waals surface area contributed by atoms with Crippen LogP contribution in [0.3, 0.4) is 0 Å². The molecule has 4 nitrogen and oxygen atoms in total. The number of rotatable bonds is 1. The number of hydrogen-bond acceptors (Lipinski definition) is 3. The second-order valence-electron chi connectivity index (χ2n) is 3.72. The molecule has 0 aliphatic heterocycles. The number of aromatic nitrogens is 1. The zero-order valence-corrected chi connectivity index (χ0v) is 8.60. The van der Waals surface area contributed by atoms with Gasteiger partial charge in [0, 0.05) is 10.8 Å². The van der Waals surface area contributed by atoms with E-state index in [2.05, 4.69) is 10.3 Å². The van der Waals surface area contributed by atoms with Crippen LogP contribution in [0, 0.1) is 0 Å². The van der Waals surface area contributed by atoms with E-state index in [1.54, 1.807) is 5.38 Å². The lowest BCUT2D eigenvalue weighted by atomic mass is 9.98. The van der Waals surface area contributed by atoms with Gasteiger partial charge in [-0.05, 0) is 0 Å². The highest BCUT2D eigenvalue weighted by molar-refractivity contribution is 7.10. The van der Waals surface area contributed by atoms with Gasteiger partial charge in [-0.3, -0.25) is 5.32 Å². The fourth-order valence-corrected chi connectivity index (χ4v) is 1.62. The minimum absolute atomic E-state index is 0.0247. The first-order valence-electron chi connectivity index (χ1n) is 3.85. The summed E-state index contributed by atoms with van der Waals surface area (Å²) in [4.78, 5) is 14.4.